The normalized spacial score (nSPS) is 22.1. The molecule has 136 valence electrons. The van der Waals surface area contributed by atoms with Crippen LogP contribution in [0.15, 0.2) is 24.4 Å². The average Bonchev–Trinajstić information content (AvgIpc) is 3.03. The number of ether oxygens (including phenoxy) is 1. The molecule has 0 radical (unpaired) electrons. The fraction of sp³-hybridized carbons (Fsp3) is 0.611. The highest BCUT2D eigenvalue weighted by Gasteiger charge is 2.28. The van der Waals surface area contributed by atoms with Crippen LogP contribution < -0.4 is 10.6 Å². The smallest absolute Gasteiger partial charge is 0.315 e. The predicted molar refractivity (Wildman–Crippen MR) is 95.3 cm³/mol. The number of hydrogen-bond acceptors (Lipinski definition) is 4. The molecule has 2 aromatic heterocycles. The molecule has 1 fully saturated rings. The quantitative estimate of drug-likeness (QED) is 0.873. The van der Waals surface area contributed by atoms with Crippen molar-refractivity contribution in [2.75, 3.05) is 7.11 Å². The fourth-order valence-corrected chi connectivity index (χ4v) is 3.50. The van der Waals surface area contributed by atoms with Gasteiger partial charge in [-0.2, -0.15) is 0 Å². The lowest BCUT2D eigenvalue weighted by atomic mass is 9.92. The topological polar surface area (TPSA) is 80.5 Å². The van der Waals surface area contributed by atoms with Gasteiger partial charge >= 0.3 is 6.03 Å². The number of carbonyl (C=O) groups excluding carboxylic acids is 1. The van der Waals surface area contributed by atoms with Gasteiger partial charge in [-0.25, -0.2) is 4.79 Å². The summed E-state index contributed by atoms with van der Waals surface area (Å²) in [5.74, 6) is 0.926. The molecule has 1 aliphatic carbocycles. The molecular formula is C18H27N5O2. The Morgan fingerprint density at radius 1 is 1.28 bits per heavy atom. The molecule has 0 spiro atoms. The zero-order chi connectivity index (χ0) is 17.8. The van der Waals surface area contributed by atoms with Crippen molar-refractivity contribution >= 4 is 11.7 Å². The molecule has 1 saturated carbocycles. The van der Waals surface area contributed by atoms with Crippen LogP contribution in [0.25, 0.3) is 5.65 Å². The van der Waals surface area contributed by atoms with Crippen LogP contribution in [-0.2, 0) is 4.74 Å². The van der Waals surface area contributed by atoms with Gasteiger partial charge in [0.25, 0.3) is 0 Å². The van der Waals surface area contributed by atoms with E-state index >= 15 is 0 Å². The van der Waals surface area contributed by atoms with Gasteiger partial charge < -0.3 is 15.4 Å². The van der Waals surface area contributed by atoms with Gasteiger partial charge in [0.2, 0.25) is 0 Å². The van der Waals surface area contributed by atoms with Gasteiger partial charge in [0.1, 0.15) is 0 Å². The first-order chi connectivity index (χ1) is 12.1. The largest absolute Gasteiger partial charge is 0.379 e. The lowest BCUT2D eigenvalue weighted by Gasteiger charge is -2.32. The van der Waals surface area contributed by atoms with E-state index in [0.29, 0.717) is 0 Å². The van der Waals surface area contributed by atoms with Crippen LogP contribution >= 0.6 is 0 Å². The summed E-state index contributed by atoms with van der Waals surface area (Å²) in [6, 6.07) is 5.41. The van der Waals surface area contributed by atoms with Crippen LogP contribution in [0.4, 0.5) is 4.79 Å². The second-order valence-corrected chi connectivity index (χ2v) is 6.99. The van der Waals surface area contributed by atoms with Crippen molar-refractivity contribution in [3.63, 3.8) is 0 Å². The molecule has 2 aromatic rings. The maximum atomic E-state index is 12.6. The number of urea groups is 1. The lowest BCUT2D eigenvalue weighted by molar-refractivity contribution is 0.0449. The third-order valence-electron chi connectivity index (χ3n) is 4.89. The number of nitrogens with zero attached hydrogens (tertiary/aromatic N) is 3. The van der Waals surface area contributed by atoms with Crippen LogP contribution in [0.2, 0.25) is 0 Å². The summed E-state index contributed by atoms with van der Waals surface area (Å²) in [7, 11) is 1.71. The molecule has 7 heteroatoms. The first-order valence-corrected chi connectivity index (χ1v) is 8.99. The molecule has 1 aliphatic rings. The predicted octanol–water partition coefficient (Wildman–Crippen LogP) is 2.68. The van der Waals surface area contributed by atoms with E-state index in [1.54, 1.807) is 7.11 Å². The van der Waals surface area contributed by atoms with Gasteiger partial charge in [0.15, 0.2) is 11.5 Å². The summed E-state index contributed by atoms with van der Waals surface area (Å²) in [6.07, 6.45) is 6.22. The van der Waals surface area contributed by atoms with E-state index in [9.17, 15) is 4.79 Å². The van der Waals surface area contributed by atoms with Gasteiger partial charge in [-0.05, 0) is 30.9 Å². The maximum Gasteiger partial charge on any atom is 0.315 e. The standard InChI is InChI=1S/C18H27N5O2/c1-12(2)16(17-22-21-15-10-6-7-11-23(15)17)20-18(24)19-13-8-4-5-9-14(13)25-3/h6-7,10-14,16H,4-5,8-9H2,1-3H3,(H2,19,20,24). The summed E-state index contributed by atoms with van der Waals surface area (Å²) < 4.78 is 7.44. The Morgan fingerprint density at radius 3 is 2.84 bits per heavy atom. The number of nitrogens with one attached hydrogen (secondary N) is 2. The van der Waals surface area contributed by atoms with Crippen LogP contribution in [0.1, 0.15) is 51.4 Å². The van der Waals surface area contributed by atoms with E-state index in [0.717, 1.165) is 37.2 Å². The highest BCUT2D eigenvalue weighted by atomic mass is 16.5. The van der Waals surface area contributed by atoms with Crippen molar-refractivity contribution < 1.29 is 9.53 Å². The summed E-state index contributed by atoms with van der Waals surface area (Å²) in [5, 5.41) is 14.6. The average molecular weight is 345 g/mol. The Kier molecular flexibility index (Phi) is 5.53. The Hall–Kier alpha value is -2.15. The summed E-state index contributed by atoms with van der Waals surface area (Å²) in [4.78, 5) is 12.6. The summed E-state index contributed by atoms with van der Waals surface area (Å²) in [5.41, 5.74) is 0.775. The number of rotatable bonds is 5. The van der Waals surface area contributed by atoms with E-state index in [-0.39, 0.29) is 30.1 Å². The molecule has 0 aromatic carbocycles. The van der Waals surface area contributed by atoms with E-state index in [1.165, 1.54) is 0 Å². The molecule has 2 N–H and O–H groups in total. The highest BCUT2D eigenvalue weighted by Crippen LogP contribution is 2.22. The molecule has 3 atom stereocenters. The van der Waals surface area contributed by atoms with Crippen molar-refractivity contribution in [1.29, 1.82) is 0 Å². The third kappa shape index (κ3) is 3.92. The zero-order valence-electron chi connectivity index (χ0n) is 15.1. The molecule has 0 saturated heterocycles. The SMILES string of the molecule is COC1CCCCC1NC(=O)NC(c1nnc2ccccn12)C(C)C. The molecule has 7 nitrogen and oxygen atoms in total. The number of hydrogen-bond donors (Lipinski definition) is 2. The Bertz CT molecular complexity index is 714. The zero-order valence-corrected chi connectivity index (χ0v) is 15.1. The van der Waals surface area contributed by atoms with Crippen LogP contribution in [0.3, 0.4) is 0 Å². The van der Waals surface area contributed by atoms with Crippen LogP contribution in [0.5, 0.6) is 0 Å². The van der Waals surface area contributed by atoms with Gasteiger partial charge in [-0.15, -0.1) is 10.2 Å². The van der Waals surface area contributed by atoms with Crippen molar-refractivity contribution in [3.8, 4) is 0 Å². The van der Waals surface area contributed by atoms with Gasteiger partial charge in [0.05, 0.1) is 18.2 Å². The molecule has 2 amide bonds. The summed E-state index contributed by atoms with van der Waals surface area (Å²) >= 11 is 0. The Balaban J connectivity index is 1.72. The first-order valence-electron chi connectivity index (χ1n) is 8.99. The molecule has 0 bridgehead atoms. The minimum atomic E-state index is -0.220. The van der Waals surface area contributed by atoms with Crippen LogP contribution in [-0.4, -0.2) is 39.9 Å². The fourth-order valence-electron chi connectivity index (χ4n) is 3.50. The van der Waals surface area contributed by atoms with E-state index in [1.807, 2.05) is 28.8 Å². The summed E-state index contributed by atoms with van der Waals surface area (Å²) in [6.45, 7) is 4.13. The molecule has 0 aliphatic heterocycles. The van der Waals surface area contributed by atoms with Crippen LogP contribution in [0, 0.1) is 5.92 Å². The van der Waals surface area contributed by atoms with Crippen molar-refractivity contribution in [2.45, 2.75) is 57.7 Å². The Morgan fingerprint density at radius 2 is 2.08 bits per heavy atom. The number of pyridine rings is 1. The molecular weight excluding hydrogens is 318 g/mol. The van der Waals surface area contributed by atoms with E-state index in [4.69, 9.17) is 4.74 Å². The number of methoxy groups -OCH3 is 1. The number of carbonyl (C=O) groups is 1. The second-order valence-electron chi connectivity index (χ2n) is 6.99. The van der Waals surface area contributed by atoms with Crippen molar-refractivity contribution in [1.82, 2.24) is 25.2 Å². The van der Waals surface area contributed by atoms with Crippen molar-refractivity contribution in [3.05, 3.63) is 30.2 Å². The number of aromatic nitrogens is 3. The Labute approximate surface area is 148 Å². The molecule has 2 heterocycles. The third-order valence-corrected chi connectivity index (χ3v) is 4.89. The van der Waals surface area contributed by atoms with Gasteiger partial charge in [-0.1, -0.05) is 32.8 Å². The molecule has 25 heavy (non-hydrogen) atoms. The van der Waals surface area contributed by atoms with E-state index in [2.05, 4.69) is 34.7 Å². The molecule has 3 rings (SSSR count). The van der Waals surface area contributed by atoms with Crippen molar-refractivity contribution in [2.24, 2.45) is 5.92 Å². The van der Waals surface area contributed by atoms with Gasteiger partial charge in [0, 0.05) is 13.3 Å². The first kappa shape index (κ1) is 17.7. The minimum Gasteiger partial charge on any atom is -0.379 e. The second kappa shape index (κ2) is 7.82. The highest BCUT2D eigenvalue weighted by molar-refractivity contribution is 5.74. The number of fused-ring (bicyclic) bond motifs is 1. The van der Waals surface area contributed by atoms with Gasteiger partial charge in [-0.3, -0.25) is 4.40 Å². The monoisotopic (exact) mass is 345 g/mol. The lowest BCUT2D eigenvalue weighted by Crippen LogP contribution is -2.50. The molecule has 3 unspecified atom stereocenters. The number of amides is 2. The maximum absolute atomic E-state index is 12.6. The van der Waals surface area contributed by atoms with E-state index < -0.39 is 0 Å². The minimum absolute atomic E-state index is 0.0571.